The van der Waals surface area contributed by atoms with E-state index >= 15 is 0 Å². The molecule has 1 aromatic carbocycles. The lowest BCUT2D eigenvalue weighted by Crippen LogP contribution is -2.08. The molecule has 0 N–H and O–H groups in total. The largest absolute Gasteiger partial charge is 0.496 e. The highest BCUT2D eigenvalue weighted by Gasteiger charge is 2.11. The second-order valence-electron chi connectivity index (χ2n) is 3.35. The van der Waals surface area contributed by atoms with Crippen LogP contribution in [-0.2, 0) is 16.0 Å². The number of hydrogen-bond acceptors (Lipinski definition) is 3. The van der Waals surface area contributed by atoms with Gasteiger partial charge in [-0.15, -0.1) is 0 Å². The Morgan fingerprint density at radius 3 is 2.69 bits per heavy atom. The number of halogens is 1. The predicted octanol–water partition coefficient (Wildman–Crippen LogP) is 2.87. The third-order valence-corrected chi connectivity index (χ3v) is 3.31. The fourth-order valence-corrected chi connectivity index (χ4v) is 1.97. The highest BCUT2D eigenvalue weighted by atomic mass is 79.9. The molecule has 3 nitrogen and oxygen atoms in total. The Labute approximate surface area is 104 Å². The van der Waals surface area contributed by atoms with Crippen molar-refractivity contribution >= 4 is 21.9 Å². The number of ether oxygens (including phenoxy) is 2. The number of rotatable bonds is 4. The van der Waals surface area contributed by atoms with E-state index < -0.39 is 0 Å². The molecule has 88 valence electrons. The summed E-state index contributed by atoms with van der Waals surface area (Å²) in [7, 11) is 1.62. The molecule has 0 unspecified atom stereocenters. The lowest BCUT2D eigenvalue weighted by atomic mass is 10.1. The first-order valence-electron chi connectivity index (χ1n) is 5.07. The van der Waals surface area contributed by atoms with Gasteiger partial charge < -0.3 is 9.47 Å². The monoisotopic (exact) mass is 286 g/mol. The van der Waals surface area contributed by atoms with E-state index in [0.29, 0.717) is 13.0 Å². The summed E-state index contributed by atoms with van der Waals surface area (Å²) in [5.74, 6) is 0.563. The minimum Gasteiger partial charge on any atom is -0.496 e. The average Bonchev–Trinajstić information content (AvgIpc) is 2.25. The SMILES string of the molecule is CCOC(=O)Cc1ccc(OC)c(Br)c1C. The number of benzene rings is 1. The lowest BCUT2D eigenvalue weighted by molar-refractivity contribution is -0.142. The summed E-state index contributed by atoms with van der Waals surface area (Å²) in [5, 5.41) is 0. The van der Waals surface area contributed by atoms with Crippen LogP contribution in [0.4, 0.5) is 0 Å². The summed E-state index contributed by atoms with van der Waals surface area (Å²) in [4.78, 5) is 11.4. The van der Waals surface area contributed by atoms with Crippen LogP contribution in [0, 0.1) is 6.92 Å². The summed E-state index contributed by atoms with van der Waals surface area (Å²) in [6, 6.07) is 3.72. The third-order valence-electron chi connectivity index (χ3n) is 2.32. The molecule has 4 heteroatoms. The van der Waals surface area contributed by atoms with Gasteiger partial charge in [0.25, 0.3) is 0 Å². The van der Waals surface area contributed by atoms with Crippen LogP contribution in [-0.4, -0.2) is 19.7 Å². The molecule has 0 bridgehead atoms. The van der Waals surface area contributed by atoms with Gasteiger partial charge in [-0.25, -0.2) is 0 Å². The minimum absolute atomic E-state index is 0.206. The molecule has 0 aliphatic rings. The van der Waals surface area contributed by atoms with Crippen LogP contribution in [0.5, 0.6) is 5.75 Å². The maximum absolute atomic E-state index is 11.4. The molecular formula is C12H15BrO3. The van der Waals surface area contributed by atoms with Crippen LogP contribution < -0.4 is 4.74 Å². The van der Waals surface area contributed by atoms with Crippen molar-refractivity contribution < 1.29 is 14.3 Å². The van der Waals surface area contributed by atoms with Crippen molar-refractivity contribution in [2.75, 3.05) is 13.7 Å². The van der Waals surface area contributed by atoms with Crippen molar-refractivity contribution in [1.29, 1.82) is 0 Å². The highest BCUT2D eigenvalue weighted by Crippen LogP contribution is 2.30. The van der Waals surface area contributed by atoms with E-state index in [-0.39, 0.29) is 5.97 Å². The van der Waals surface area contributed by atoms with Gasteiger partial charge in [-0.1, -0.05) is 6.07 Å². The summed E-state index contributed by atoms with van der Waals surface area (Å²) in [5.41, 5.74) is 1.96. The lowest BCUT2D eigenvalue weighted by Gasteiger charge is -2.10. The van der Waals surface area contributed by atoms with Crippen LogP contribution >= 0.6 is 15.9 Å². The first-order valence-corrected chi connectivity index (χ1v) is 5.87. The molecule has 0 heterocycles. The molecule has 0 aliphatic heterocycles. The van der Waals surface area contributed by atoms with Crippen LogP contribution in [0.3, 0.4) is 0 Å². The van der Waals surface area contributed by atoms with Crippen LogP contribution in [0.15, 0.2) is 16.6 Å². The standard InChI is InChI=1S/C12H15BrO3/c1-4-16-11(14)7-9-5-6-10(15-3)12(13)8(9)2/h5-6H,4,7H2,1-3H3. The number of hydrogen-bond donors (Lipinski definition) is 0. The van der Waals surface area contributed by atoms with Crippen molar-refractivity contribution in [2.24, 2.45) is 0 Å². The topological polar surface area (TPSA) is 35.5 Å². The highest BCUT2D eigenvalue weighted by molar-refractivity contribution is 9.10. The van der Waals surface area contributed by atoms with Gasteiger partial charge in [0.2, 0.25) is 0 Å². The maximum atomic E-state index is 11.4. The normalized spacial score (nSPS) is 10.0. The minimum atomic E-state index is -0.206. The Hall–Kier alpha value is -1.03. The Balaban J connectivity index is 2.90. The van der Waals surface area contributed by atoms with E-state index in [4.69, 9.17) is 9.47 Å². The second kappa shape index (κ2) is 5.89. The van der Waals surface area contributed by atoms with Gasteiger partial charge >= 0.3 is 5.97 Å². The molecule has 0 saturated heterocycles. The smallest absolute Gasteiger partial charge is 0.310 e. The molecule has 16 heavy (non-hydrogen) atoms. The molecule has 0 spiro atoms. The molecule has 0 fully saturated rings. The molecule has 0 aromatic heterocycles. The Bertz CT molecular complexity index is 388. The van der Waals surface area contributed by atoms with Crippen LogP contribution in [0.1, 0.15) is 18.1 Å². The number of carbonyl (C=O) groups is 1. The molecule has 0 amide bonds. The maximum Gasteiger partial charge on any atom is 0.310 e. The molecule has 1 rings (SSSR count). The van der Waals surface area contributed by atoms with E-state index in [9.17, 15) is 4.79 Å². The molecule has 0 saturated carbocycles. The zero-order valence-electron chi connectivity index (χ0n) is 9.67. The van der Waals surface area contributed by atoms with Gasteiger partial charge in [-0.2, -0.15) is 0 Å². The van der Waals surface area contributed by atoms with Gasteiger partial charge in [0.05, 0.1) is 24.6 Å². The zero-order valence-corrected chi connectivity index (χ0v) is 11.3. The second-order valence-corrected chi connectivity index (χ2v) is 4.14. The van der Waals surface area contributed by atoms with E-state index in [1.807, 2.05) is 19.1 Å². The van der Waals surface area contributed by atoms with Gasteiger partial charge in [0, 0.05) is 0 Å². The van der Waals surface area contributed by atoms with E-state index in [0.717, 1.165) is 21.3 Å². The average molecular weight is 287 g/mol. The number of carbonyl (C=O) groups excluding carboxylic acids is 1. The van der Waals surface area contributed by atoms with Gasteiger partial charge in [-0.05, 0) is 47.0 Å². The van der Waals surface area contributed by atoms with Crippen molar-refractivity contribution in [3.8, 4) is 5.75 Å². The summed E-state index contributed by atoms with van der Waals surface area (Å²) in [6.45, 7) is 4.16. The summed E-state index contributed by atoms with van der Waals surface area (Å²) >= 11 is 3.44. The molecule has 0 atom stereocenters. The predicted molar refractivity (Wildman–Crippen MR) is 65.8 cm³/mol. The van der Waals surface area contributed by atoms with Crippen LogP contribution in [0.2, 0.25) is 0 Å². The zero-order chi connectivity index (χ0) is 12.1. The molecule has 0 aliphatic carbocycles. The van der Waals surface area contributed by atoms with Crippen molar-refractivity contribution in [2.45, 2.75) is 20.3 Å². The third kappa shape index (κ3) is 2.98. The fraction of sp³-hybridized carbons (Fsp3) is 0.417. The first-order chi connectivity index (χ1) is 7.60. The summed E-state index contributed by atoms with van der Waals surface area (Å²) in [6.07, 6.45) is 0.294. The van der Waals surface area contributed by atoms with Crippen molar-refractivity contribution in [3.63, 3.8) is 0 Å². The summed E-state index contributed by atoms with van der Waals surface area (Å²) < 4.78 is 11.0. The van der Waals surface area contributed by atoms with E-state index in [1.54, 1.807) is 14.0 Å². The number of methoxy groups -OCH3 is 1. The molecule has 0 radical (unpaired) electrons. The Kier molecular flexibility index (Phi) is 4.80. The molecular weight excluding hydrogens is 272 g/mol. The van der Waals surface area contributed by atoms with Crippen LogP contribution in [0.25, 0.3) is 0 Å². The van der Waals surface area contributed by atoms with Crippen molar-refractivity contribution in [3.05, 3.63) is 27.7 Å². The van der Waals surface area contributed by atoms with Gasteiger partial charge in [0.1, 0.15) is 5.75 Å². The fourth-order valence-electron chi connectivity index (χ4n) is 1.42. The molecule has 1 aromatic rings. The number of esters is 1. The Morgan fingerprint density at radius 2 is 2.12 bits per heavy atom. The first kappa shape index (κ1) is 13.0. The Morgan fingerprint density at radius 1 is 1.44 bits per heavy atom. The van der Waals surface area contributed by atoms with Gasteiger partial charge in [0.15, 0.2) is 0 Å². The quantitative estimate of drug-likeness (QED) is 0.799. The van der Waals surface area contributed by atoms with Gasteiger partial charge in [-0.3, -0.25) is 4.79 Å². The van der Waals surface area contributed by atoms with E-state index in [2.05, 4.69) is 15.9 Å². The van der Waals surface area contributed by atoms with E-state index in [1.165, 1.54) is 0 Å². The van der Waals surface area contributed by atoms with Crippen molar-refractivity contribution in [1.82, 2.24) is 0 Å².